The molecule has 0 radical (unpaired) electrons. The fourth-order valence-electron chi connectivity index (χ4n) is 1.71. The number of hydrogen-bond donors (Lipinski definition) is 2. The van der Waals surface area contributed by atoms with Gasteiger partial charge in [-0.2, -0.15) is 0 Å². The number of hydrazine groups is 1. The van der Waals surface area contributed by atoms with Crippen molar-refractivity contribution in [1.82, 2.24) is 5.43 Å². The molecule has 0 fully saturated rings. The van der Waals surface area contributed by atoms with Crippen LogP contribution in [0.5, 0.6) is 0 Å². The zero-order chi connectivity index (χ0) is 12.1. The summed E-state index contributed by atoms with van der Waals surface area (Å²) in [6, 6.07) is 6.02. The number of aryl methyl sites for hydroxylation is 1. The Kier molecular flexibility index (Phi) is 5.00. The Hall–Kier alpha value is -0.830. The van der Waals surface area contributed by atoms with Gasteiger partial charge in [0.05, 0.1) is 0 Å². The lowest BCUT2D eigenvalue weighted by Crippen LogP contribution is -2.28. The summed E-state index contributed by atoms with van der Waals surface area (Å²) in [5.41, 5.74) is 6.37. The minimum absolute atomic E-state index is 0.135. The van der Waals surface area contributed by atoms with Crippen molar-refractivity contribution in [3.05, 3.63) is 46.5 Å². The van der Waals surface area contributed by atoms with Gasteiger partial charge in [0.15, 0.2) is 0 Å². The van der Waals surface area contributed by atoms with Crippen molar-refractivity contribution in [3.63, 3.8) is 0 Å². The first-order chi connectivity index (χ1) is 7.54. The molecule has 0 aliphatic rings. The van der Waals surface area contributed by atoms with Crippen LogP contribution < -0.4 is 11.3 Å². The van der Waals surface area contributed by atoms with E-state index in [-0.39, 0.29) is 6.04 Å². The maximum atomic E-state index is 5.99. The number of rotatable bonds is 5. The van der Waals surface area contributed by atoms with E-state index >= 15 is 0 Å². The lowest BCUT2D eigenvalue weighted by Gasteiger charge is -2.18. The van der Waals surface area contributed by atoms with Crippen molar-refractivity contribution in [3.8, 4) is 0 Å². The molecule has 0 spiro atoms. The molecule has 0 bridgehead atoms. The molecule has 0 aliphatic heterocycles. The molecule has 88 valence electrons. The van der Waals surface area contributed by atoms with E-state index in [1.807, 2.05) is 25.1 Å². The fourth-order valence-corrected chi connectivity index (χ4v) is 1.89. The molecule has 0 aliphatic carbocycles. The van der Waals surface area contributed by atoms with Crippen LogP contribution in [0.15, 0.2) is 30.4 Å². The Morgan fingerprint density at radius 2 is 2.25 bits per heavy atom. The van der Waals surface area contributed by atoms with Crippen molar-refractivity contribution in [2.24, 2.45) is 5.84 Å². The lowest BCUT2D eigenvalue weighted by atomic mass is 9.97. The Bertz CT molecular complexity index is 374. The van der Waals surface area contributed by atoms with Crippen molar-refractivity contribution >= 4 is 11.6 Å². The maximum Gasteiger partial charge on any atom is 0.0466 e. The molecule has 1 rings (SSSR count). The summed E-state index contributed by atoms with van der Waals surface area (Å²) in [4.78, 5) is 0. The van der Waals surface area contributed by atoms with Gasteiger partial charge < -0.3 is 0 Å². The highest BCUT2D eigenvalue weighted by Gasteiger charge is 2.12. The average molecular weight is 239 g/mol. The number of nitrogens with two attached hydrogens (primary N) is 1. The third kappa shape index (κ3) is 3.63. The Morgan fingerprint density at radius 3 is 2.81 bits per heavy atom. The topological polar surface area (TPSA) is 38.0 Å². The predicted molar refractivity (Wildman–Crippen MR) is 70.3 cm³/mol. The number of hydrogen-bond acceptors (Lipinski definition) is 2. The van der Waals surface area contributed by atoms with Gasteiger partial charge >= 0.3 is 0 Å². The van der Waals surface area contributed by atoms with E-state index in [1.54, 1.807) is 0 Å². The normalized spacial score (nSPS) is 12.5. The first-order valence-electron chi connectivity index (χ1n) is 5.41. The van der Waals surface area contributed by atoms with Gasteiger partial charge in [-0.15, -0.1) is 6.58 Å². The van der Waals surface area contributed by atoms with Crippen molar-refractivity contribution in [2.75, 3.05) is 0 Å². The van der Waals surface area contributed by atoms with Crippen LogP contribution in [0.1, 0.15) is 36.9 Å². The van der Waals surface area contributed by atoms with Crippen molar-refractivity contribution in [1.29, 1.82) is 0 Å². The number of nitrogens with one attached hydrogen (secondary N) is 1. The van der Waals surface area contributed by atoms with E-state index in [4.69, 9.17) is 17.4 Å². The molecule has 3 N–H and O–H groups in total. The summed E-state index contributed by atoms with van der Waals surface area (Å²) in [5, 5.41) is 0.746. The third-order valence-electron chi connectivity index (χ3n) is 2.68. The molecular weight excluding hydrogens is 220 g/mol. The van der Waals surface area contributed by atoms with Gasteiger partial charge in [-0.05, 0) is 49.9 Å². The van der Waals surface area contributed by atoms with Crippen LogP contribution in [0.3, 0.4) is 0 Å². The van der Waals surface area contributed by atoms with Crippen molar-refractivity contribution < 1.29 is 0 Å². The average Bonchev–Trinajstić information content (AvgIpc) is 2.23. The monoisotopic (exact) mass is 238 g/mol. The first-order valence-corrected chi connectivity index (χ1v) is 5.79. The van der Waals surface area contributed by atoms with E-state index in [9.17, 15) is 0 Å². The van der Waals surface area contributed by atoms with Gasteiger partial charge in [0.2, 0.25) is 0 Å². The summed E-state index contributed by atoms with van der Waals surface area (Å²) >= 11 is 5.99. The molecule has 0 saturated heterocycles. The van der Waals surface area contributed by atoms with Crippen LogP contribution in [0, 0.1) is 6.92 Å². The van der Waals surface area contributed by atoms with Crippen LogP contribution in [-0.4, -0.2) is 0 Å². The second kappa shape index (κ2) is 6.04. The molecule has 0 saturated carbocycles. The van der Waals surface area contributed by atoms with Gasteiger partial charge in [0.1, 0.15) is 0 Å². The van der Waals surface area contributed by atoms with Crippen LogP contribution in [0.4, 0.5) is 0 Å². The van der Waals surface area contributed by atoms with Crippen LogP contribution in [-0.2, 0) is 0 Å². The second-order valence-corrected chi connectivity index (χ2v) is 4.65. The molecular formula is C13H19ClN2. The number of allylic oxidation sites excluding steroid dienone is 1. The predicted octanol–water partition coefficient (Wildman–Crippen LogP) is 3.51. The minimum Gasteiger partial charge on any atom is -0.271 e. The van der Waals surface area contributed by atoms with Gasteiger partial charge in [-0.25, -0.2) is 0 Å². The SMILES string of the molecule is C=C(C)CCC(NN)c1cc(Cl)ccc1C. The van der Waals surface area contributed by atoms with Gasteiger partial charge in [-0.3, -0.25) is 11.3 Å². The number of benzene rings is 1. The molecule has 1 aromatic rings. The summed E-state index contributed by atoms with van der Waals surface area (Å²) in [7, 11) is 0. The minimum atomic E-state index is 0.135. The fraction of sp³-hybridized carbons (Fsp3) is 0.385. The van der Waals surface area contributed by atoms with E-state index in [0.29, 0.717) is 0 Å². The zero-order valence-electron chi connectivity index (χ0n) is 9.89. The Morgan fingerprint density at radius 1 is 1.56 bits per heavy atom. The molecule has 0 aromatic heterocycles. The van der Waals surface area contributed by atoms with E-state index in [1.165, 1.54) is 11.1 Å². The standard InChI is InChI=1S/C13H19ClN2/c1-9(2)4-7-13(16-15)12-8-11(14)6-5-10(12)3/h5-6,8,13,16H,1,4,7,15H2,2-3H3. The largest absolute Gasteiger partial charge is 0.271 e. The van der Waals surface area contributed by atoms with E-state index < -0.39 is 0 Å². The van der Waals surface area contributed by atoms with Crippen LogP contribution in [0.2, 0.25) is 5.02 Å². The third-order valence-corrected chi connectivity index (χ3v) is 2.91. The summed E-state index contributed by atoms with van der Waals surface area (Å²) in [6.45, 7) is 7.99. The van der Waals surface area contributed by atoms with Crippen molar-refractivity contribution in [2.45, 2.75) is 32.7 Å². The molecule has 0 heterocycles. The highest BCUT2D eigenvalue weighted by atomic mass is 35.5. The first kappa shape index (κ1) is 13.2. The Balaban J connectivity index is 2.85. The summed E-state index contributed by atoms with van der Waals surface area (Å²) in [5.74, 6) is 5.59. The second-order valence-electron chi connectivity index (χ2n) is 4.22. The molecule has 0 amide bonds. The van der Waals surface area contributed by atoms with E-state index in [0.717, 1.165) is 23.4 Å². The smallest absolute Gasteiger partial charge is 0.0466 e. The molecule has 3 heteroatoms. The molecule has 2 nitrogen and oxygen atoms in total. The van der Waals surface area contributed by atoms with E-state index in [2.05, 4.69) is 18.9 Å². The van der Waals surface area contributed by atoms with Gasteiger partial charge in [0, 0.05) is 11.1 Å². The van der Waals surface area contributed by atoms with Crippen LogP contribution in [0.25, 0.3) is 0 Å². The van der Waals surface area contributed by atoms with Crippen LogP contribution >= 0.6 is 11.6 Å². The summed E-state index contributed by atoms with van der Waals surface area (Å²) in [6.07, 6.45) is 1.90. The molecule has 1 unspecified atom stereocenters. The molecule has 16 heavy (non-hydrogen) atoms. The lowest BCUT2D eigenvalue weighted by molar-refractivity contribution is 0.513. The Labute approximate surface area is 102 Å². The molecule has 1 atom stereocenters. The summed E-state index contributed by atoms with van der Waals surface area (Å²) < 4.78 is 0. The highest BCUT2D eigenvalue weighted by Crippen LogP contribution is 2.25. The van der Waals surface area contributed by atoms with Gasteiger partial charge in [-0.1, -0.05) is 23.2 Å². The zero-order valence-corrected chi connectivity index (χ0v) is 10.6. The van der Waals surface area contributed by atoms with Gasteiger partial charge in [0.25, 0.3) is 0 Å². The number of halogens is 1. The maximum absolute atomic E-state index is 5.99. The molecule has 1 aromatic carbocycles. The quantitative estimate of drug-likeness (QED) is 0.468. The highest BCUT2D eigenvalue weighted by molar-refractivity contribution is 6.30.